The summed E-state index contributed by atoms with van der Waals surface area (Å²) in [5.74, 6) is 1.04. The highest BCUT2D eigenvalue weighted by molar-refractivity contribution is 7.20. The van der Waals surface area contributed by atoms with E-state index in [4.69, 9.17) is 4.42 Å². The Labute approximate surface area is 143 Å². The van der Waals surface area contributed by atoms with Crippen LogP contribution in [0.4, 0.5) is 5.13 Å². The molecule has 0 saturated carbocycles. The number of fused-ring (bicyclic) bond motifs is 1. The van der Waals surface area contributed by atoms with Crippen molar-refractivity contribution in [3.8, 4) is 0 Å². The molecular formula is C15H20N6O2S. The van der Waals surface area contributed by atoms with Crippen molar-refractivity contribution in [2.45, 2.75) is 51.7 Å². The van der Waals surface area contributed by atoms with Crippen molar-refractivity contribution in [3.05, 3.63) is 23.7 Å². The standard InChI is InChI=1S/C15H20N6O2S/c1-8-17-18-12(23-8)10-5-9(22)6-20(10)14-19-21-7-11(15(2,3)4)16-13(21)24-14/h7,9-10,22H,5-6H2,1-4H3/t9-,10-/m1/s1. The van der Waals surface area contributed by atoms with Gasteiger partial charge >= 0.3 is 0 Å². The molecule has 3 aromatic heterocycles. The van der Waals surface area contributed by atoms with Gasteiger partial charge in [0.2, 0.25) is 21.9 Å². The molecule has 8 nitrogen and oxygen atoms in total. The summed E-state index contributed by atoms with van der Waals surface area (Å²) in [6.07, 6.45) is 2.08. The van der Waals surface area contributed by atoms with Crippen molar-refractivity contribution in [2.24, 2.45) is 0 Å². The topological polar surface area (TPSA) is 92.6 Å². The fourth-order valence-electron chi connectivity index (χ4n) is 2.87. The average Bonchev–Trinajstić information content (AvgIpc) is 3.18. The summed E-state index contributed by atoms with van der Waals surface area (Å²) in [6, 6.07) is -0.154. The predicted molar refractivity (Wildman–Crippen MR) is 89.3 cm³/mol. The van der Waals surface area contributed by atoms with Gasteiger partial charge in [0.15, 0.2) is 0 Å². The van der Waals surface area contributed by atoms with Gasteiger partial charge in [-0.05, 0) is 0 Å². The van der Waals surface area contributed by atoms with Gasteiger partial charge in [0, 0.05) is 25.3 Å². The average molecular weight is 348 g/mol. The molecule has 0 unspecified atom stereocenters. The summed E-state index contributed by atoms with van der Waals surface area (Å²) in [6.45, 7) is 8.65. The molecule has 2 atom stereocenters. The second kappa shape index (κ2) is 5.25. The Hall–Kier alpha value is -2.00. The third-order valence-electron chi connectivity index (χ3n) is 4.15. The highest BCUT2D eigenvalue weighted by atomic mass is 32.1. The van der Waals surface area contributed by atoms with Gasteiger partial charge in [-0.3, -0.25) is 0 Å². The quantitative estimate of drug-likeness (QED) is 0.758. The smallest absolute Gasteiger partial charge is 0.239 e. The van der Waals surface area contributed by atoms with Crippen LogP contribution < -0.4 is 4.90 Å². The van der Waals surface area contributed by atoms with Crippen molar-refractivity contribution in [3.63, 3.8) is 0 Å². The minimum atomic E-state index is -0.441. The molecule has 1 aliphatic heterocycles. The van der Waals surface area contributed by atoms with Crippen LogP contribution in [0.3, 0.4) is 0 Å². The van der Waals surface area contributed by atoms with Crippen LogP contribution in [0.15, 0.2) is 10.6 Å². The molecule has 3 aromatic rings. The van der Waals surface area contributed by atoms with Gasteiger partial charge in [-0.25, -0.2) is 9.50 Å². The van der Waals surface area contributed by atoms with E-state index in [9.17, 15) is 5.11 Å². The fraction of sp³-hybridized carbons (Fsp3) is 0.600. The Morgan fingerprint density at radius 2 is 2.12 bits per heavy atom. The van der Waals surface area contributed by atoms with Crippen molar-refractivity contribution in [1.29, 1.82) is 0 Å². The van der Waals surface area contributed by atoms with Crippen LogP contribution >= 0.6 is 11.3 Å². The van der Waals surface area contributed by atoms with Gasteiger partial charge in [0.05, 0.1) is 18.0 Å². The number of rotatable bonds is 2. The molecule has 4 rings (SSSR count). The number of aliphatic hydroxyl groups excluding tert-OH is 1. The lowest BCUT2D eigenvalue weighted by atomic mass is 9.93. The summed E-state index contributed by atoms with van der Waals surface area (Å²) in [5.41, 5.74) is 1.000. The second-order valence-electron chi connectivity index (χ2n) is 7.20. The number of aliphatic hydroxyl groups is 1. The van der Waals surface area contributed by atoms with E-state index >= 15 is 0 Å². The van der Waals surface area contributed by atoms with Crippen LogP contribution in [-0.4, -0.2) is 42.6 Å². The minimum Gasteiger partial charge on any atom is -0.423 e. The minimum absolute atomic E-state index is 0.0127. The Morgan fingerprint density at radius 3 is 2.75 bits per heavy atom. The molecule has 1 aliphatic rings. The Morgan fingerprint density at radius 1 is 1.33 bits per heavy atom. The number of aromatic nitrogens is 5. The van der Waals surface area contributed by atoms with Gasteiger partial charge in [-0.2, -0.15) is 0 Å². The zero-order valence-corrected chi connectivity index (χ0v) is 14.9. The van der Waals surface area contributed by atoms with Crippen LogP contribution in [-0.2, 0) is 5.41 Å². The highest BCUT2D eigenvalue weighted by Gasteiger charge is 2.37. The lowest BCUT2D eigenvalue weighted by Crippen LogP contribution is -2.24. The van der Waals surface area contributed by atoms with Crippen molar-refractivity contribution >= 4 is 21.4 Å². The van der Waals surface area contributed by atoms with Crippen LogP contribution in [0.2, 0.25) is 0 Å². The maximum Gasteiger partial charge on any atom is 0.239 e. The van der Waals surface area contributed by atoms with Gasteiger partial charge in [0.1, 0.15) is 6.04 Å². The molecule has 0 amide bonds. The molecule has 4 heterocycles. The number of β-amino-alcohol motifs (C(OH)–C–C–N with tert-alkyl or cyclic N) is 1. The predicted octanol–water partition coefficient (Wildman–Crippen LogP) is 2.09. The Balaban J connectivity index is 1.68. The second-order valence-corrected chi connectivity index (χ2v) is 8.14. The normalized spacial score (nSPS) is 22.0. The SMILES string of the molecule is Cc1nnc([C@H]2C[C@@H](O)CN2c2nn3cc(C(C)(C)C)nc3s2)o1. The van der Waals surface area contributed by atoms with Crippen LogP contribution in [0.25, 0.3) is 4.96 Å². The molecule has 1 saturated heterocycles. The zero-order chi connectivity index (χ0) is 17.1. The first-order valence-corrected chi connectivity index (χ1v) is 8.74. The van der Waals surface area contributed by atoms with E-state index in [1.807, 2.05) is 11.1 Å². The molecule has 128 valence electrons. The number of hydrogen-bond acceptors (Lipinski definition) is 8. The first kappa shape index (κ1) is 15.5. The number of nitrogens with zero attached hydrogens (tertiary/aromatic N) is 6. The van der Waals surface area contributed by atoms with E-state index < -0.39 is 6.10 Å². The van der Waals surface area contributed by atoms with E-state index in [-0.39, 0.29) is 11.5 Å². The maximum atomic E-state index is 10.1. The highest BCUT2D eigenvalue weighted by Crippen LogP contribution is 2.38. The van der Waals surface area contributed by atoms with Crippen LogP contribution in [0, 0.1) is 6.92 Å². The summed E-state index contributed by atoms with van der Waals surface area (Å²) in [4.78, 5) is 7.54. The van der Waals surface area contributed by atoms with Crippen molar-refractivity contribution < 1.29 is 9.52 Å². The first-order chi connectivity index (χ1) is 11.3. The van der Waals surface area contributed by atoms with Gasteiger partial charge < -0.3 is 14.4 Å². The summed E-state index contributed by atoms with van der Waals surface area (Å²) in [5, 5.41) is 23.6. The van der Waals surface area contributed by atoms with Gasteiger partial charge in [-0.1, -0.05) is 32.1 Å². The summed E-state index contributed by atoms with van der Waals surface area (Å²) < 4.78 is 7.37. The lowest BCUT2D eigenvalue weighted by molar-refractivity contribution is 0.192. The molecule has 1 N–H and O–H groups in total. The Bertz CT molecular complexity index is 845. The number of imidazole rings is 1. The van der Waals surface area contributed by atoms with Crippen molar-refractivity contribution in [2.75, 3.05) is 11.4 Å². The number of hydrogen-bond donors (Lipinski definition) is 1. The monoisotopic (exact) mass is 348 g/mol. The third-order valence-corrected chi connectivity index (χ3v) is 5.11. The van der Waals surface area contributed by atoms with Crippen LogP contribution in [0.5, 0.6) is 0 Å². The molecule has 1 fully saturated rings. The number of anilines is 1. The largest absolute Gasteiger partial charge is 0.423 e. The molecule has 0 bridgehead atoms. The lowest BCUT2D eigenvalue weighted by Gasteiger charge is -2.19. The molecule has 24 heavy (non-hydrogen) atoms. The Kier molecular flexibility index (Phi) is 3.40. The van der Waals surface area contributed by atoms with E-state index in [1.165, 1.54) is 11.3 Å². The number of aryl methyl sites for hydroxylation is 1. The molecule has 0 spiro atoms. The molecule has 0 aromatic carbocycles. The zero-order valence-electron chi connectivity index (χ0n) is 14.1. The molecule has 0 aliphatic carbocycles. The van der Waals surface area contributed by atoms with E-state index in [2.05, 4.69) is 41.1 Å². The summed E-state index contributed by atoms with van der Waals surface area (Å²) in [7, 11) is 0. The van der Waals surface area contributed by atoms with E-state index in [0.29, 0.717) is 24.7 Å². The summed E-state index contributed by atoms with van der Waals surface area (Å²) >= 11 is 1.50. The van der Waals surface area contributed by atoms with Gasteiger partial charge in [-0.15, -0.1) is 15.3 Å². The van der Waals surface area contributed by atoms with Gasteiger partial charge in [0.25, 0.3) is 0 Å². The molecule has 0 radical (unpaired) electrons. The van der Waals surface area contributed by atoms with E-state index in [1.54, 1.807) is 11.4 Å². The third kappa shape index (κ3) is 2.57. The first-order valence-electron chi connectivity index (χ1n) is 7.92. The van der Waals surface area contributed by atoms with E-state index in [0.717, 1.165) is 15.8 Å². The van der Waals surface area contributed by atoms with Crippen molar-refractivity contribution in [1.82, 2.24) is 24.8 Å². The molecule has 9 heteroatoms. The maximum absolute atomic E-state index is 10.1. The molecular weight excluding hydrogens is 328 g/mol. The van der Waals surface area contributed by atoms with Crippen LogP contribution in [0.1, 0.15) is 50.7 Å². The fourth-order valence-corrected chi connectivity index (χ4v) is 3.82.